The van der Waals surface area contributed by atoms with Gasteiger partial charge < -0.3 is 19.4 Å². The van der Waals surface area contributed by atoms with Crippen LogP contribution in [0.1, 0.15) is 27.8 Å². The van der Waals surface area contributed by atoms with E-state index in [1.807, 2.05) is 35.2 Å². The predicted octanol–water partition coefficient (Wildman–Crippen LogP) is 1.48. The number of Topliss-reactive ketones (excluding diaryl/α,β-unsaturated/α-hetero) is 1. The van der Waals surface area contributed by atoms with E-state index in [0.29, 0.717) is 37.6 Å². The molecular formula is C21H25N5O3. The highest BCUT2D eigenvalue weighted by molar-refractivity contribution is 5.94. The van der Waals surface area contributed by atoms with Crippen LogP contribution in [-0.2, 0) is 4.74 Å². The van der Waals surface area contributed by atoms with Gasteiger partial charge in [0.1, 0.15) is 0 Å². The van der Waals surface area contributed by atoms with Crippen LogP contribution in [-0.4, -0.2) is 79.3 Å². The summed E-state index contributed by atoms with van der Waals surface area (Å²) in [7, 11) is 0. The molecule has 0 unspecified atom stereocenters. The fourth-order valence-corrected chi connectivity index (χ4v) is 3.64. The first-order valence-corrected chi connectivity index (χ1v) is 9.93. The van der Waals surface area contributed by atoms with E-state index in [0.717, 1.165) is 37.7 Å². The second-order valence-electron chi connectivity index (χ2n) is 7.26. The molecule has 0 saturated carbocycles. The molecule has 152 valence electrons. The molecule has 3 heterocycles. The summed E-state index contributed by atoms with van der Waals surface area (Å²) in [6.07, 6.45) is 0. The number of aromatic nitrogens is 2. The zero-order chi connectivity index (χ0) is 20.2. The van der Waals surface area contributed by atoms with Crippen molar-refractivity contribution < 1.29 is 14.3 Å². The molecule has 0 spiro atoms. The molecule has 8 heteroatoms. The van der Waals surface area contributed by atoms with Crippen LogP contribution in [0.2, 0.25) is 0 Å². The van der Waals surface area contributed by atoms with E-state index in [2.05, 4.69) is 20.0 Å². The van der Waals surface area contributed by atoms with Gasteiger partial charge in [0, 0.05) is 50.5 Å². The van der Waals surface area contributed by atoms with Crippen LogP contribution in [0.5, 0.6) is 0 Å². The SMILES string of the molecule is CC(=O)c1ccc(N2CCN(C(=O)c3ccc(N4CCOCC4)nn3)CC2)cc1. The van der Waals surface area contributed by atoms with Crippen molar-refractivity contribution in [2.75, 3.05) is 62.3 Å². The summed E-state index contributed by atoms with van der Waals surface area (Å²) >= 11 is 0. The van der Waals surface area contributed by atoms with Gasteiger partial charge in [0.2, 0.25) is 0 Å². The quantitative estimate of drug-likeness (QED) is 0.726. The average molecular weight is 395 g/mol. The maximum Gasteiger partial charge on any atom is 0.274 e. The van der Waals surface area contributed by atoms with Crippen molar-refractivity contribution in [1.29, 1.82) is 0 Å². The molecular weight excluding hydrogens is 370 g/mol. The fourth-order valence-electron chi connectivity index (χ4n) is 3.64. The van der Waals surface area contributed by atoms with Gasteiger partial charge in [-0.2, -0.15) is 0 Å². The molecule has 1 aromatic carbocycles. The van der Waals surface area contributed by atoms with E-state index in [-0.39, 0.29) is 11.7 Å². The Bertz CT molecular complexity index is 855. The molecule has 0 atom stereocenters. The van der Waals surface area contributed by atoms with Gasteiger partial charge in [0.05, 0.1) is 13.2 Å². The van der Waals surface area contributed by atoms with Crippen LogP contribution >= 0.6 is 0 Å². The highest BCUT2D eigenvalue weighted by Gasteiger charge is 2.24. The van der Waals surface area contributed by atoms with E-state index in [4.69, 9.17) is 4.74 Å². The Labute approximate surface area is 170 Å². The number of ketones is 1. The molecule has 1 amide bonds. The Balaban J connectivity index is 1.34. The highest BCUT2D eigenvalue weighted by atomic mass is 16.5. The first-order valence-electron chi connectivity index (χ1n) is 9.93. The number of hydrogen-bond acceptors (Lipinski definition) is 7. The molecule has 0 aliphatic carbocycles. The Morgan fingerprint density at radius 3 is 2.10 bits per heavy atom. The first kappa shape index (κ1) is 19.3. The molecule has 4 rings (SSSR count). The summed E-state index contributed by atoms with van der Waals surface area (Å²) in [5, 5.41) is 8.40. The maximum atomic E-state index is 12.8. The van der Waals surface area contributed by atoms with Crippen LogP contribution in [0.3, 0.4) is 0 Å². The van der Waals surface area contributed by atoms with Crippen molar-refractivity contribution in [3.05, 3.63) is 47.7 Å². The molecule has 0 bridgehead atoms. The summed E-state index contributed by atoms with van der Waals surface area (Å²) in [6, 6.07) is 11.2. The number of piperazine rings is 1. The molecule has 1 aromatic heterocycles. The van der Waals surface area contributed by atoms with Crippen molar-refractivity contribution in [3.63, 3.8) is 0 Å². The lowest BCUT2D eigenvalue weighted by atomic mass is 10.1. The second-order valence-corrected chi connectivity index (χ2v) is 7.26. The molecule has 2 aliphatic rings. The van der Waals surface area contributed by atoms with Crippen molar-refractivity contribution >= 4 is 23.2 Å². The van der Waals surface area contributed by atoms with E-state index >= 15 is 0 Å². The molecule has 2 aliphatic heterocycles. The number of carbonyl (C=O) groups is 2. The normalized spacial score (nSPS) is 17.3. The average Bonchev–Trinajstić information content (AvgIpc) is 2.79. The topological polar surface area (TPSA) is 78.9 Å². The number of anilines is 2. The number of carbonyl (C=O) groups excluding carboxylic acids is 2. The maximum absolute atomic E-state index is 12.8. The Morgan fingerprint density at radius 2 is 1.52 bits per heavy atom. The summed E-state index contributed by atoms with van der Waals surface area (Å²) in [5.74, 6) is 0.758. The summed E-state index contributed by atoms with van der Waals surface area (Å²) in [6.45, 7) is 7.24. The number of benzene rings is 1. The largest absolute Gasteiger partial charge is 0.378 e. The summed E-state index contributed by atoms with van der Waals surface area (Å²) in [5.41, 5.74) is 2.15. The minimum atomic E-state index is -0.0856. The van der Waals surface area contributed by atoms with Crippen LogP contribution in [0.25, 0.3) is 0 Å². The highest BCUT2D eigenvalue weighted by Crippen LogP contribution is 2.19. The lowest BCUT2D eigenvalue weighted by Crippen LogP contribution is -2.49. The van der Waals surface area contributed by atoms with Crippen molar-refractivity contribution in [3.8, 4) is 0 Å². The standard InChI is InChI=1S/C21H25N5O3/c1-16(27)17-2-4-18(5-3-17)24-8-10-26(11-9-24)21(28)19-6-7-20(23-22-19)25-12-14-29-15-13-25/h2-7H,8-15H2,1H3. The van der Waals surface area contributed by atoms with Crippen molar-refractivity contribution in [2.45, 2.75) is 6.92 Å². The van der Waals surface area contributed by atoms with Gasteiger partial charge >= 0.3 is 0 Å². The number of nitrogens with zero attached hydrogens (tertiary/aromatic N) is 5. The molecule has 29 heavy (non-hydrogen) atoms. The van der Waals surface area contributed by atoms with Gasteiger partial charge in [-0.3, -0.25) is 9.59 Å². The second kappa shape index (κ2) is 8.57. The number of ether oxygens (including phenoxy) is 1. The van der Waals surface area contributed by atoms with E-state index in [1.165, 1.54) is 0 Å². The van der Waals surface area contributed by atoms with Gasteiger partial charge in [0.15, 0.2) is 17.3 Å². The third-order valence-electron chi connectivity index (χ3n) is 5.41. The minimum absolute atomic E-state index is 0.0627. The molecule has 0 N–H and O–H groups in total. The first-order chi connectivity index (χ1) is 14.1. The summed E-state index contributed by atoms with van der Waals surface area (Å²) in [4.78, 5) is 30.4. The van der Waals surface area contributed by atoms with Gasteiger partial charge in [-0.05, 0) is 43.3 Å². The fraction of sp³-hybridized carbons (Fsp3) is 0.429. The van der Waals surface area contributed by atoms with Crippen molar-refractivity contribution in [2.24, 2.45) is 0 Å². The van der Waals surface area contributed by atoms with Gasteiger partial charge in [0.25, 0.3) is 5.91 Å². The van der Waals surface area contributed by atoms with Crippen LogP contribution in [0.4, 0.5) is 11.5 Å². The smallest absolute Gasteiger partial charge is 0.274 e. The van der Waals surface area contributed by atoms with Crippen LogP contribution in [0, 0.1) is 0 Å². The Morgan fingerprint density at radius 1 is 0.828 bits per heavy atom. The van der Waals surface area contributed by atoms with Gasteiger partial charge in [-0.25, -0.2) is 0 Å². The number of hydrogen-bond donors (Lipinski definition) is 0. The van der Waals surface area contributed by atoms with Gasteiger partial charge in [-0.15, -0.1) is 10.2 Å². The molecule has 8 nitrogen and oxygen atoms in total. The molecule has 2 saturated heterocycles. The van der Waals surface area contributed by atoms with Crippen LogP contribution in [0.15, 0.2) is 36.4 Å². The Hall–Kier alpha value is -3.00. The lowest BCUT2D eigenvalue weighted by Gasteiger charge is -2.36. The van der Waals surface area contributed by atoms with E-state index in [9.17, 15) is 9.59 Å². The predicted molar refractivity (Wildman–Crippen MR) is 110 cm³/mol. The monoisotopic (exact) mass is 395 g/mol. The number of morpholine rings is 1. The van der Waals surface area contributed by atoms with Crippen molar-refractivity contribution in [1.82, 2.24) is 15.1 Å². The van der Waals surface area contributed by atoms with Gasteiger partial charge in [-0.1, -0.05) is 0 Å². The zero-order valence-corrected chi connectivity index (χ0v) is 16.6. The van der Waals surface area contributed by atoms with Crippen LogP contribution < -0.4 is 9.80 Å². The third kappa shape index (κ3) is 4.37. The zero-order valence-electron chi connectivity index (χ0n) is 16.6. The number of amides is 1. The van der Waals surface area contributed by atoms with E-state index < -0.39 is 0 Å². The minimum Gasteiger partial charge on any atom is -0.378 e. The third-order valence-corrected chi connectivity index (χ3v) is 5.41. The molecule has 2 fully saturated rings. The summed E-state index contributed by atoms with van der Waals surface area (Å²) < 4.78 is 5.35. The molecule has 0 radical (unpaired) electrons. The molecule has 2 aromatic rings. The van der Waals surface area contributed by atoms with E-state index in [1.54, 1.807) is 13.0 Å². The number of rotatable bonds is 4. The Kier molecular flexibility index (Phi) is 5.71. The lowest BCUT2D eigenvalue weighted by molar-refractivity contribution is 0.0739.